The number of nitrogens with zero attached hydrogens (tertiary/aromatic N) is 1. The van der Waals surface area contributed by atoms with Gasteiger partial charge in [-0.2, -0.15) is 0 Å². The summed E-state index contributed by atoms with van der Waals surface area (Å²) in [6.07, 6.45) is 4.68. The van der Waals surface area contributed by atoms with Gasteiger partial charge in [0.2, 0.25) is 5.75 Å². The summed E-state index contributed by atoms with van der Waals surface area (Å²) in [5.41, 5.74) is 0.500. The maximum Gasteiger partial charge on any atom is 0.211 e. The van der Waals surface area contributed by atoms with Crippen LogP contribution in [0.2, 0.25) is 0 Å². The molecule has 0 spiro atoms. The number of hydrogen-bond donors (Lipinski definition) is 2. The fraction of sp³-hybridized carbons (Fsp3) is 0.550. The minimum absolute atomic E-state index is 0.0118. The van der Waals surface area contributed by atoms with E-state index in [4.69, 9.17) is 4.74 Å². The number of likely N-dealkylation sites (N-methyl/N-ethyl adjacent to an activating group) is 1. The summed E-state index contributed by atoms with van der Waals surface area (Å²) in [5, 5.41) is 22.2. The van der Waals surface area contributed by atoms with Gasteiger partial charge in [-0.3, -0.25) is 4.79 Å². The Morgan fingerprint density at radius 3 is 3.00 bits per heavy atom. The summed E-state index contributed by atoms with van der Waals surface area (Å²) in [6.45, 7) is 5.61. The number of Topliss-reactive ketones (excluding diaryl/α,β-unsaturated/α-hetero) is 1. The lowest BCUT2D eigenvalue weighted by molar-refractivity contribution is -0.943. The number of benzene rings is 1. The number of aromatic hydroxyl groups is 1. The van der Waals surface area contributed by atoms with Gasteiger partial charge in [-0.05, 0) is 24.1 Å². The third kappa shape index (κ3) is 1.68. The number of fused-ring (bicyclic) bond motifs is 3. The lowest BCUT2D eigenvalue weighted by atomic mass is 9.49. The van der Waals surface area contributed by atoms with Crippen LogP contribution in [0.3, 0.4) is 0 Å². The first kappa shape index (κ1) is 15.4. The molecular formula is C20H24NO4+. The van der Waals surface area contributed by atoms with Gasteiger partial charge in [-0.1, -0.05) is 6.58 Å². The zero-order valence-corrected chi connectivity index (χ0v) is 14.5. The maximum atomic E-state index is 12.4. The van der Waals surface area contributed by atoms with Gasteiger partial charge < -0.3 is 19.4 Å². The fourth-order valence-electron chi connectivity index (χ4n) is 6.10. The van der Waals surface area contributed by atoms with E-state index in [0.29, 0.717) is 31.4 Å². The second-order valence-corrected chi connectivity index (χ2v) is 8.55. The molecule has 25 heavy (non-hydrogen) atoms. The molecule has 1 saturated carbocycles. The van der Waals surface area contributed by atoms with E-state index < -0.39 is 11.0 Å². The van der Waals surface area contributed by atoms with E-state index >= 15 is 0 Å². The minimum Gasteiger partial charge on any atom is -0.504 e. The zero-order chi connectivity index (χ0) is 17.6. The van der Waals surface area contributed by atoms with Crippen LogP contribution in [0.1, 0.15) is 36.8 Å². The number of rotatable bonds is 2. The molecule has 2 aliphatic heterocycles. The molecule has 2 fully saturated rings. The second-order valence-electron chi connectivity index (χ2n) is 8.55. The van der Waals surface area contributed by atoms with Crippen LogP contribution in [0.4, 0.5) is 0 Å². The van der Waals surface area contributed by atoms with E-state index in [-0.39, 0.29) is 17.6 Å². The molecule has 1 aromatic rings. The van der Waals surface area contributed by atoms with Crippen molar-refractivity contribution in [1.82, 2.24) is 0 Å². The Labute approximate surface area is 147 Å². The van der Waals surface area contributed by atoms with Gasteiger partial charge in [0.1, 0.15) is 17.4 Å². The molecule has 2 heterocycles. The molecule has 0 amide bonds. The summed E-state index contributed by atoms with van der Waals surface area (Å²) in [5.74, 6) is 1.68. The van der Waals surface area contributed by atoms with Crippen molar-refractivity contribution in [2.45, 2.75) is 49.2 Å². The van der Waals surface area contributed by atoms with Crippen LogP contribution in [0.5, 0.6) is 17.2 Å². The van der Waals surface area contributed by atoms with Crippen LogP contribution in [-0.2, 0) is 16.6 Å². The highest BCUT2D eigenvalue weighted by Crippen LogP contribution is 2.65. The van der Waals surface area contributed by atoms with Crippen molar-refractivity contribution in [3.63, 3.8) is 0 Å². The van der Waals surface area contributed by atoms with Gasteiger partial charge in [-0.25, -0.2) is 0 Å². The standard InChI is InChI=1S/C20H23NO4/c1-3-7-21(2)8-6-19-11-12(22)4-5-20(19,24)16(21)9-13-14(19)10-15(23)18-17(13)25-18/h3,10,16,24H,1,4-9,11H2,2H3/p+1/t16-,19-,20-,21?/m1/s1. The number of likely N-dealkylation sites (tertiary alicyclic amines) is 1. The van der Waals surface area contributed by atoms with Gasteiger partial charge in [-0.15, -0.1) is 0 Å². The molecule has 2 bridgehead atoms. The Balaban J connectivity index is 1.77. The van der Waals surface area contributed by atoms with E-state index in [0.717, 1.165) is 40.9 Å². The van der Waals surface area contributed by atoms with Gasteiger partial charge in [0.05, 0.1) is 20.1 Å². The molecule has 4 atom stereocenters. The van der Waals surface area contributed by atoms with Gasteiger partial charge >= 0.3 is 0 Å². The number of ether oxygens (including phenoxy) is 1. The average molecular weight is 342 g/mol. The van der Waals surface area contributed by atoms with Crippen molar-refractivity contribution in [3.05, 3.63) is 29.8 Å². The van der Waals surface area contributed by atoms with Gasteiger partial charge in [0.15, 0.2) is 11.5 Å². The first-order valence-corrected chi connectivity index (χ1v) is 9.11. The molecule has 0 aromatic heterocycles. The number of carbonyl (C=O) groups is 1. The molecule has 1 saturated heterocycles. The van der Waals surface area contributed by atoms with Crippen molar-refractivity contribution < 1.29 is 24.2 Å². The monoisotopic (exact) mass is 342 g/mol. The molecule has 5 heteroatoms. The highest BCUT2D eigenvalue weighted by molar-refractivity contribution is 5.83. The molecule has 5 nitrogen and oxygen atoms in total. The highest BCUT2D eigenvalue weighted by Gasteiger charge is 2.70. The molecule has 2 N–H and O–H groups in total. The Hall–Kier alpha value is -1.85. The van der Waals surface area contributed by atoms with Crippen LogP contribution < -0.4 is 4.74 Å². The number of piperidine rings is 1. The topological polar surface area (TPSA) is 70.1 Å². The molecule has 5 rings (SSSR count). The largest absolute Gasteiger partial charge is 0.504 e. The number of phenolic OH excluding ortho intramolecular Hbond substituents is 1. The Morgan fingerprint density at radius 2 is 2.24 bits per heavy atom. The highest BCUT2D eigenvalue weighted by atomic mass is 16.6. The predicted octanol–water partition coefficient (Wildman–Crippen LogP) is 2.18. The van der Waals surface area contributed by atoms with Crippen molar-refractivity contribution in [3.8, 4) is 17.2 Å². The number of ketones is 1. The first-order valence-electron chi connectivity index (χ1n) is 9.11. The van der Waals surface area contributed by atoms with Crippen LogP contribution in [0.25, 0.3) is 0 Å². The first-order chi connectivity index (χ1) is 11.8. The summed E-state index contributed by atoms with van der Waals surface area (Å²) < 4.78 is 6.29. The van der Waals surface area contributed by atoms with Crippen molar-refractivity contribution in [2.24, 2.45) is 0 Å². The summed E-state index contributed by atoms with van der Waals surface area (Å²) in [4.78, 5) is 12.4. The predicted molar refractivity (Wildman–Crippen MR) is 91.9 cm³/mol. The van der Waals surface area contributed by atoms with E-state index in [1.165, 1.54) is 0 Å². The molecule has 0 radical (unpaired) electrons. The number of quaternary nitrogens is 1. The number of carbonyl (C=O) groups excluding carboxylic acids is 1. The SMILES string of the molecule is C=CC[N+]1(C)CC[C@]23CC(=O)CC[C@@]2(O)[C@H]1Cc1c3cc(O)c2c1O2. The lowest BCUT2D eigenvalue weighted by Gasteiger charge is -2.64. The van der Waals surface area contributed by atoms with E-state index in [2.05, 4.69) is 13.6 Å². The van der Waals surface area contributed by atoms with Crippen LogP contribution in [0, 0.1) is 0 Å². The van der Waals surface area contributed by atoms with Crippen LogP contribution >= 0.6 is 0 Å². The molecule has 2 aliphatic carbocycles. The number of phenols is 1. The molecular weight excluding hydrogens is 318 g/mol. The normalized spacial score (nSPS) is 40.4. The molecule has 1 aromatic carbocycles. The van der Waals surface area contributed by atoms with Gasteiger partial charge in [0.25, 0.3) is 0 Å². The summed E-state index contributed by atoms with van der Waals surface area (Å²) in [6, 6.07) is 1.77. The van der Waals surface area contributed by atoms with E-state index in [1.54, 1.807) is 6.07 Å². The molecule has 4 aliphatic rings. The Bertz CT molecular complexity index is 833. The average Bonchev–Trinajstić information content (AvgIpc) is 3.35. The van der Waals surface area contributed by atoms with Crippen LogP contribution in [-0.4, -0.2) is 52.3 Å². The Kier molecular flexibility index (Phi) is 2.75. The number of hydrogen-bond acceptors (Lipinski definition) is 4. The van der Waals surface area contributed by atoms with E-state index in [9.17, 15) is 15.0 Å². The third-order valence-electron chi connectivity index (χ3n) is 7.41. The van der Waals surface area contributed by atoms with Crippen molar-refractivity contribution in [2.75, 3.05) is 20.1 Å². The quantitative estimate of drug-likeness (QED) is 0.499. The third-order valence-corrected chi connectivity index (χ3v) is 7.41. The fourth-order valence-corrected chi connectivity index (χ4v) is 6.10. The van der Waals surface area contributed by atoms with Crippen molar-refractivity contribution in [1.29, 1.82) is 0 Å². The Morgan fingerprint density at radius 1 is 1.44 bits per heavy atom. The molecule has 132 valence electrons. The smallest absolute Gasteiger partial charge is 0.211 e. The van der Waals surface area contributed by atoms with Crippen molar-refractivity contribution >= 4 is 5.78 Å². The van der Waals surface area contributed by atoms with Crippen LogP contribution in [0.15, 0.2) is 18.7 Å². The lowest BCUT2D eigenvalue weighted by Crippen LogP contribution is -2.78. The van der Waals surface area contributed by atoms with E-state index in [1.807, 2.05) is 6.08 Å². The van der Waals surface area contributed by atoms with Gasteiger partial charge in [0, 0.05) is 36.7 Å². The maximum absolute atomic E-state index is 12.4. The summed E-state index contributed by atoms with van der Waals surface area (Å²) >= 11 is 0. The second kappa shape index (κ2) is 4.46. The number of aliphatic hydroxyl groups is 1. The zero-order valence-electron chi connectivity index (χ0n) is 14.5. The molecule has 1 unspecified atom stereocenters. The summed E-state index contributed by atoms with van der Waals surface area (Å²) in [7, 11) is 2.19. The minimum atomic E-state index is -0.931.